The van der Waals surface area contributed by atoms with E-state index < -0.39 is 17.5 Å². The highest BCUT2D eigenvalue weighted by Gasteiger charge is 2.57. The van der Waals surface area contributed by atoms with Crippen LogP contribution in [0, 0.1) is 28.8 Å². The van der Waals surface area contributed by atoms with Crippen LogP contribution in [0.3, 0.4) is 0 Å². The van der Waals surface area contributed by atoms with Crippen LogP contribution in [0.1, 0.15) is 24.8 Å². The molecule has 1 fully saturated rings. The number of benzene rings is 4. The molecule has 1 saturated carbocycles. The number of fused-ring (bicyclic) bond motifs is 2. The van der Waals surface area contributed by atoms with Gasteiger partial charge >= 0.3 is 0 Å². The molecule has 0 saturated heterocycles. The van der Waals surface area contributed by atoms with Gasteiger partial charge in [0.1, 0.15) is 0 Å². The summed E-state index contributed by atoms with van der Waals surface area (Å²) in [4.78, 5) is 0. The van der Waals surface area contributed by atoms with Crippen molar-refractivity contribution in [2.45, 2.75) is 19.3 Å². The summed E-state index contributed by atoms with van der Waals surface area (Å²) in [5.41, 5.74) is 5.17. The van der Waals surface area contributed by atoms with Crippen LogP contribution in [-0.2, 0) is 0 Å². The molecular formula is C31H21F3. The van der Waals surface area contributed by atoms with Gasteiger partial charge in [-0.25, -0.2) is 13.2 Å². The van der Waals surface area contributed by atoms with E-state index in [0.29, 0.717) is 11.5 Å². The maximum absolute atomic E-state index is 14.3. The monoisotopic (exact) mass is 450 g/mol. The van der Waals surface area contributed by atoms with Crippen molar-refractivity contribution in [2.75, 3.05) is 0 Å². The molecule has 2 atom stereocenters. The van der Waals surface area contributed by atoms with Crippen LogP contribution in [0.25, 0.3) is 38.2 Å². The Morgan fingerprint density at radius 1 is 0.765 bits per heavy atom. The third-order valence-corrected chi connectivity index (χ3v) is 7.98. The Morgan fingerprint density at radius 2 is 1.35 bits per heavy atom. The molecule has 0 N–H and O–H groups in total. The maximum atomic E-state index is 14.3. The largest absolute Gasteiger partial charge is 0.204 e. The van der Waals surface area contributed by atoms with Gasteiger partial charge in [-0.2, -0.15) is 0 Å². The normalized spacial score (nSPS) is 22.9. The van der Waals surface area contributed by atoms with Crippen molar-refractivity contribution in [3.05, 3.63) is 114 Å². The fourth-order valence-electron chi connectivity index (χ4n) is 6.38. The molecule has 3 aliphatic rings. The summed E-state index contributed by atoms with van der Waals surface area (Å²) < 4.78 is 42.4. The lowest BCUT2D eigenvalue weighted by atomic mass is 9.73. The van der Waals surface area contributed by atoms with Crippen molar-refractivity contribution in [3.63, 3.8) is 0 Å². The first kappa shape index (κ1) is 19.8. The van der Waals surface area contributed by atoms with Crippen molar-refractivity contribution in [2.24, 2.45) is 11.3 Å². The Hall–Kier alpha value is -3.59. The molecule has 166 valence electrons. The molecule has 0 bridgehead atoms. The summed E-state index contributed by atoms with van der Waals surface area (Å²) >= 11 is 0. The standard InChI is InChI=1S/C31H21F3/c32-26-15-18(16-27(33)30(26)34)28-20-8-1-3-10-22(20)29(23-11-4-2-9-21(23)28)24-12-6-14-31-17-19(31)7-5-13-25(24)31/h1-5,7-13,15-16,19H,6,14,17H2. The topological polar surface area (TPSA) is 0 Å². The Labute approximate surface area is 195 Å². The molecule has 0 aliphatic heterocycles. The van der Waals surface area contributed by atoms with Crippen molar-refractivity contribution in [3.8, 4) is 11.1 Å². The van der Waals surface area contributed by atoms with Gasteiger partial charge in [0.05, 0.1) is 0 Å². The molecule has 2 unspecified atom stereocenters. The predicted octanol–water partition coefficient (Wildman–Crippen LogP) is 8.76. The highest BCUT2D eigenvalue weighted by molar-refractivity contribution is 6.20. The third-order valence-electron chi connectivity index (χ3n) is 7.98. The second-order valence-electron chi connectivity index (χ2n) is 9.68. The quantitative estimate of drug-likeness (QED) is 0.211. The van der Waals surface area contributed by atoms with Crippen LogP contribution in [0.5, 0.6) is 0 Å². The zero-order chi connectivity index (χ0) is 23.0. The van der Waals surface area contributed by atoms with Crippen LogP contribution in [0.15, 0.2) is 90.5 Å². The van der Waals surface area contributed by atoms with E-state index in [4.69, 9.17) is 0 Å². The van der Waals surface area contributed by atoms with Crippen molar-refractivity contribution in [1.82, 2.24) is 0 Å². The van der Waals surface area contributed by atoms with Crippen LogP contribution >= 0.6 is 0 Å². The fraction of sp³-hybridized carbons (Fsp3) is 0.161. The van der Waals surface area contributed by atoms with E-state index in [1.54, 1.807) is 0 Å². The van der Waals surface area contributed by atoms with E-state index in [9.17, 15) is 13.2 Å². The van der Waals surface area contributed by atoms with Gasteiger partial charge in [0.2, 0.25) is 0 Å². The van der Waals surface area contributed by atoms with Gasteiger partial charge in [0, 0.05) is 5.41 Å². The van der Waals surface area contributed by atoms with Gasteiger partial charge < -0.3 is 0 Å². The SMILES string of the molecule is Fc1cc(-c2c3ccccc3c(C3=CCCC45CC4C=CC=C35)c3ccccc23)cc(F)c1F. The van der Waals surface area contributed by atoms with E-state index in [-0.39, 0.29) is 5.41 Å². The van der Waals surface area contributed by atoms with Gasteiger partial charge in [0.15, 0.2) is 17.5 Å². The van der Waals surface area contributed by atoms with Crippen LogP contribution in [0.4, 0.5) is 13.2 Å². The summed E-state index contributed by atoms with van der Waals surface area (Å²) in [5, 5.41) is 3.89. The molecule has 0 radical (unpaired) electrons. The Balaban J connectivity index is 1.59. The number of hydrogen-bond acceptors (Lipinski definition) is 0. The molecule has 4 aromatic rings. The number of halogens is 3. The zero-order valence-corrected chi connectivity index (χ0v) is 18.4. The zero-order valence-electron chi connectivity index (χ0n) is 18.4. The van der Waals surface area contributed by atoms with Gasteiger partial charge in [-0.1, -0.05) is 72.8 Å². The molecule has 0 amide bonds. The second-order valence-corrected chi connectivity index (χ2v) is 9.68. The molecule has 3 heteroatoms. The predicted molar refractivity (Wildman–Crippen MR) is 132 cm³/mol. The maximum Gasteiger partial charge on any atom is 0.194 e. The van der Waals surface area contributed by atoms with Crippen molar-refractivity contribution in [1.29, 1.82) is 0 Å². The average Bonchev–Trinajstić information content (AvgIpc) is 3.58. The first-order valence-electron chi connectivity index (χ1n) is 11.8. The minimum atomic E-state index is -1.44. The first-order chi connectivity index (χ1) is 16.6. The lowest BCUT2D eigenvalue weighted by Gasteiger charge is -2.31. The molecule has 0 heterocycles. The van der Waals surface area contributed by atoms with E-state index >= 15 is 0 Å². The summed E-state index contributed by atoms with van der Waals surface area (Å²) in [6, 6.07) is 18.3. The van der Waals surface area contributed by atoms with Crippen molar-refractivity contribution < 1.29 is 13.2 Å². The van der Waals surface area contributed by atoms with E-state index in [1.165, 1.54) is 29.6 Å². The Bertz CT molecular complexity index is 1540. The minimum Gasteiger partial charge on any atom is -0.204 e. The van der Waals surface area contributed by atoms with Gasteiger partial charge in [0.25, 0.3) is 0 Å². The number of hydrogen-bond donors (Lipinski definition) is 0. The number of rotatable bonds is 2. The van der Waals surface area contributed by atoms with Gasteiger partial charge in [-0.15, -0.1) is 0 Å². The van der Waals surface area contributed by atoms with Gasteiger partial charge in [-0.05, 0) is 86.7 Å². The summed E-state index contributed by atoms with van der Waals surface area (Å²) in [7, 11) is 0. The van der Waals surface area contributed by atoms with Gasteiger partial charge in [-0.3, -0.25) is 0 Å². The van der Waals surface area contributed by atoms with E-state index in [0.717, 1.165) is 45.7 Å². The van der Waals surface area contributed by atoms with Crippen LogP contribution in [0.2, 0.25) is 0 Å². The molecular weight excluding hydrogens is 429 g/mol. The molecule has 0 nitrogen and oxygen atoms in total. The molecule has 3 aliphatic carbocycles. The lowest BCUT2D eigenvalue weighted by Crippen LogP contribution is -2.15. The molecule has 1 spiro atoms. The molecule has 34 heavy (non-hydrogen) atoms. The number of allylic oxidation sites excluding steroid dienone is 6. The highest BCUT2D eigenvalue weighted by atomic mass is 19.2. The Morgan fingerprint density at radius 3 is 1.97 bits per heavy atom. The third kappa shape index (κ3) is 2.61. The highest BCUT2D eigenvalue weighted by Crippen LogP contribution is 2.67. The van der Waals surface area contributed by atoms with E-state index in [2.05, 4.69) is 36.4 Å². The van der Waals surface area contributed by atoms with E-state index in [1.807, 2.05) is 36.4 Å². The lowest BCUT2D eigenvalue weighted by molar-refractivity contribution is 0.448. The smallest absolute Gasteiger partial charge is 0.194 e. The molecule has 4 aromatic carbocycles. The average molecular weight is 451 g/mol. The summed E-state index contributed by atoms with van der Waals surface area (Å²) in [6.45, 7) is 0. The van der Waals surface area contributed by atoms with Crippen LogP contribution in [-0.4, -0.2) is 0 Å². The molecule has 0 aromatic heterocycles. The summed E-state index contributed by atoms with van der Waals surface area (Å²) in [5.74, 6) is -3.17. The Kier molecular flexibility index (Phi) is 4.06. The van der Waals surface area contributed by atoms with Crippen LogP contribution < -0.4 is 0 Å². The molecule has 7 rings (SSSR count). The van der Waals surface area contributed by atoms with Crippen molar-refractivity contribution >= 4 is 27.1 Å². The first-order valence-corrected chi connectivity index (χ1v) is 11.8. The fourth-order valence-corrected chi connectivity index (χ4v) is 6.38. The minimum absolute atomic E-state index is 0.253. The summed E-state index contributed by atoms with van der Waals surface area (Å²) in [6.07, 6.45) is 12.6. The second kappa shape index (κ2) is 6.96.